The lowest BCUT2D eigenvalue weighted by Gasteiger charge is -2.19. The third-order valence-corrected chi connectivity index (χ3v) is 3.67. The zero-order valence-corrected chi connectivity index (χ0v) is 12.7. The summed E-state index contributed by atoms with van der Waals surface area (Å²) in [5, 5.41) is 23.0. The number of aliphatic hydroxyl groups is 1. The maximum atomic E-state index is 12.5. The number of carbonyl (C=O) groups excluding carboxylic acids is 1. The summed E-state index contributed by atoms with van der Waals surface area (Å²) in [5.41, 5.74) is 1.37. The minimum atomic E-state index is -0.505. The normalized spacial score (nSPS) is 11.7. The van der Waals surface area contributed by atoms with Crippen LogP contribution in [-0.2, 0) is 0 Å². The Kier molecular flexibility index (Phi) is 5.43. The quantitative estimate of drug-likeness (QED) is 0.633. The number of hydrogen-bond acceptors (Lipinski definition) is 4. The fourth-order valence-corrected chi connectivity index (χ4v) is 2.44. The fraction of sp³-hybridized carbons (Fsp3) is 0.235. The topological polar surface area (TPSA) is 92.5 Å². The highest BCUT2D eigenvalue weighted by Crippen LogP contribution is 2.23. The molecule has 2 aromatic rings. The van der Waals surface area contributed by atoms with Gasteiger partial charge in [0.2, 0.25) is 0 Å². The Morgan fingerprint density at radius 2 is 1.91 bits per heavy atom. The number of aliphatic hydroxyl groups excluding tert-OH is 1. The van der Waals surface area contributed by atoms with Gasteiger partial charge >= 0.3 is 0 Å². The number of nitro groups is 1. The summed E-state index contributed by atoms with van der Waals surface area (Å²) in [7, 11) is 0. The van der Waals surface area contributed by atoms with Gasteiger partial charge in [-0.25, -0.2) is 0 Å². The Bertz CT molecular complexity index is 701. The van der Waals surface area contributed by atoms with E-state index < -0.39 is 10.8 Å². The third-order valence-electron chi connectivity index (χ3n) is 3.67. The molecule has 120 valence electrons. The van der Waals surface area contributed by atoms with E-state index in [4.69, 9.17) is 0 Å². The van der Waals surface area contributed by atoms with Crippen LogP contribution in [-0.4, -0.2) is 22.5 Å². The van der Waals surface area contributed by atoms with Gasteiger partial charge in [-0.05, 0) is 25.0 Å². The highest BCUT2D eigenvalue weighted by molar-refractivity contribution is 5.96. The zero-order valence-electron chi connectivity index (χ0n) is 12.7. The van der Waals surface area contributed by atoms with Crippen molar-refractivity contribution in [3.8, 4) is 0 Å². The van der Waals surface area contributed by atoms with Crippen molar-refractivity contribution in [3.05, 3.63) is 75.3 Å². The second-order valence-electron chi connectivity index (χ2n) is 5.16. The van der Waals surface area contributed by atoms with Crippen LogP contribution >= 0.6 is 0 Å². The Labute approximate surface area is 133 Å². The van der Waals surface area contributed by atoms with E-state index in [1.807, 2.05) is 30.3 Å². The lowest BCUT2D eigenvalue weighted by Crippen LogP contribution is -2.29. The number of nitrogens with zero attached hydrogens (tertiary/aromatic N) is 1. The van der Waals surface area contributed by atoms with E-state index in [9.17, 15) is 20.0 Å². The Balaban J connectivity index is 2.26. The average Bonchev–Trinajstić information content (AvgIpc) is 2.55. The van der Waals surface area contributed by atoms with Gasteiger partial charge in [0.25, 0.3) is 11.6 Å². The molecule has 0 aliphatic rings. The summed E-state index contributed by atoms with van der Waals surface area (Å²) < 4.78 is 0. The number of rotatable bonds is 6. The molecule has 1 atom stereocenters. The van der Waals surface area contributed by atoms with Crippen LogP contribution in [0.15, 0.2) is 48.5 Å². The molecule has 23 heavy (non-hydrogen) atoms. The van der Waals surface area contributed by atoms with Crippen LogP contribution in [0.3, 0.4) is 0 Å². The molecule has 6 heteroatoms. The number of hydrogen-bond donors (Lipinski definition) is 2. The summed E-state index contributed by atoms with van der Waals surface area (Å²) in [4.78, 5) is 23.0. The second-order valence-corrected chi connectivity index (χ2v) is 5.16. The van der Waals surface area contributed by atoms with Gasteiger partial charge < -0.3 is 10.4 Å². The van der Waals surface area contributed by atoms with Crippen molar-refractivity contribution >= 4 is 11.6 Å². The Morgan fingerprint density at radius 3 is 2.52 bits per heavy atom. The molecule has 1 amide bonds. The molecule has 0 bridgehead atoms. The SMILES string of the molecule is Cc1c(C(=O)NC(CCO)c2ccccc2)cccc1[N+](=O)[O-]. The minimum Gasteiger partial charge on any atom is -0.396 e. The monoisotopic (exact) mass is 314 g/mol. The van der Waals surface area contributed by atoms with Crippen LogP contribution in [0.2, 0.25) is 0 Å². The summed E-state index contributed by atoms with van der Waals surface area (Å²) in [6, 6.07) is 13.4. The molecular formula is C17H18N2O4. The maximum Gasteiger partial charge on any atom is 0.273 e. The van der Waals surface area contributed by atoms with E-state index in [0.717, 1.165) is 5.56 Å². The standard InChI is InChI=1S/C17H18N2O4/c1-12-14(8-5-9-16(12)19(22)23)17(21)18-15(10-11-20)13-6-3-2-4-7-13/h2-9,15,20H,10-11H2,1H3,(H,18,21). The molecule has 0 fully saturated rings. The zero-order chi connectivity index (χ0) is 16.8. The van der Waals surface area contributed by atoms with Crippen LogP contribution < -0.4 is 5.32 Å². The number of benzene rings is 2. The lowest BCUT2D eigenvalue weighted by molar-refractivity contribution is -0.385. The molecule has 0 heterocycles. The van der Waals surface area contributed by atoms with E-state index in [-0.39, 0.29) is 23.9 Å². The van der Waals surface area contributed by atoms with Crippen molar-refractivity contribution in [2.24, 2.45) is 0 Å². The molecule has 6 nitrogen and oxygen atoms in total. The molecular weight excluding hydrogens is 296 g/mol. The number of nitro benzene ring substituents is 1. The molecule has 2 aromatic carbocycles. The van der Waals surface area contributed by atoms with Gasteiger partial charge in [-0.2, -0.15) is 0 Å². The van der Waals surface area contributed by atoms with E-state index in [0.29, 0.717) is 12.0 Å². The summed E-state index contributed by atoms with van der Waals surface area (Å²) in [6.07, 6.45) is 0.365. The maximum absolute atomic E-state index is 12.5. The van der Waals surface area contributed by atoms with Crippen molar-refractivity contribution in [3.63, 3.8) is 0 Å². The first-order valence-corrected chi connectivity index (χ1v) is 7.25. The van der Waals surface area contributed by atoms with Crippen LogP contribution in [0.5, 0.6) is 0 Å². The number of carbonyl (C=O) groups is 1. The molecule has 0 saturated heterocycles. The molecule has 0 saturated carbocycles. The summed E-state index contributed by atoms with van der Waals surface area (Å²) >= 11 is 0. The molecule has 0 aromatic heterocycles. The lowest BCUT2D eigenvalue weighted by atomic mass is 10.0. The van der Waals surface area contributed by atoms with E-state index in [1.54, 1.807) is 13.0 Å². The van der Waals surface area contributed by atoms with Gasteiger partial charge in [0.15, 0.2) is 0 Å². The van der Waals surface area contributed by atoms with Gasteiger partial charge in [0, 0.05) is 23.8 Å². The van der Waals surface area contributed by atoms with E-state index in [1.165, 1.54) is 12.1 Å². The van der Waals surface area contributed by atoms with Crippen LogP contribution in [0.25, 0.3) is 0 Å². The van der Waals surface area contributed by atoms with Crippen molar-refractivity contribution < 1.29 is 14.8 Å². The first-order chi connectivity index (χ1) is 11.0. The molecule has 0 spiro atoms. The van der Waals surface area contributed by atoms with Gasteiger partial charge in [-0.3, -0.25) is 14.9 Å². The van der Waals surface area contributed by atoms with Crippen LogP contribution in [0.1, 0.15) is 33.9 Å². The Morgan fingerprint density at radius 1 is 1.22 bits per heavy atom. The average molecular weight is 314 g/mol. The third kappa shape index (κ3) is 3.92. The van der Waals surface area contributed by atoms with Gasteiger partial charge in [0.1, 0.15) is 0 Å². The first-order valence-electron chi connectivity index (χ1n) is 7.25. The van der Waals surface area contributed by atoms with Crippen LogP contribution in [0.4, 0.5) is 5.69 Å². The number of amides is 1. The summed E-state index contributed by atoms with van der Waals surface area (Å²) in [6.45, 7) is 1.48. The molecule has 2 N–H and O–H groups in total. The van der Waals surface area contributed by atoms with Crippen molar-refractivity contribution in [1.29, 1.82) is 0 Å². The van der Waals surface area contributed by atoms with Gasteiger partial charge in [-0.1, -0.05) is 36.4 Å². The highest BCUT2D eigenvalue weighted by Gasteiger charge is 2.20. The van der Waals surface area contributed by atoms with E-state index >= 15 is 0 Å². The predicted molar refractivity (Wildman–Crippen MR) is 86.2 cm³/mol. The summed E-state index contributed by atoms with van der Waals surface area (Å²) in [5.74, 6) is -0.395. The fourth-order valence-electron chi connectivity index (χ4n) is 2.44. The van der Waals surface area contributed by atoms with Crippen molar-refractivity contribution in [1.82, 2.24) is 5.32 Å². The molecule has 2 rings (SSSR count). The largest absolute Gasteiger partial charge is 0.396 e. The van der Waals surface area contributed by atoms with Crippen LogP contribution in [0, 0.1) is 17.0 Å². The van der Waals surface area contributed by atoms with E-state index in [2.05, 4.69) is 5.32 Å². The predicted octanol–water partition coefficient (Wildman–Crippen LogP) is 2.76. The highest BCUT2D eigenvalue weighted by atomic mass is 16.6. The number of nitrogens with one attached hydrogen (secondary N) is 1. The second kappa shape index (κ2) is 7.51. The molecule has 1 unspecified atom stereocenters. The minimum absolute atomic E-state index is 0.0756. The molecule has 0 aliphatic carbocycles. The molecule has 0 aliphatic heterocycles. The first kappa shape index (κ1) is 16.6. The van der Waals surface area contributed by atoms with Gasteiger partial charge in [-0.15, -0.1) is 0 Å². The van der Waals surface area contributed by atoms with Crippen molar-refractivity contribution in [2.45, 2.75) is 19.4 Å². The van der Waals surface area contributed by atoms with Crippen molar-refractivity contribution in [2.75, 3.05) is 6.61 Å². The smallest absolute Gasteiger partial charge is 0.273 e. The molecule has 0 radical (unpaired) electrons. The van der Waals surface area contributed by atoms with Gasteiger partial charge in [0.05, 0.1) is 11.0 Å². The Hall–Kier alpha value is -2.73.